The van der Waals surface area contributed by atoms with Gasteiger partial charge in [-0.1, -0.05) is 48.0 Å². The number of halogens is 1. The molecule has 2 aromatic rings. The lowest BCUT2D eigenvalue weighted by Gasteiger charge is -2.35. The predicted molar refractivity (Wildman–Crippen MR) is 133 cm³/mol. The van der Waals surface area contributed by atoms with Crippen LogP contribution < -0.4 is 0 Å². The molecule has 34 heavy (non-hydrogen) atoms. The van der Waals surface area contributed by atoms with Crippen molar-refractivity contribution in [1.29, 1.82) is 0 Å². The molecule has 1 aliphatic heterocycles. The second-order valence-electron chi connectivity index (χ2n) is 9.61. The van der Waals surface area contributed by atoms with E-state index in [1.54, 1.807) is 18.1 Å². The first-order valence-corrected chi connectivity index (χ1v) is 11.8. The van der Waals surface area contributed by atoms with E-state index in [-0.39, 0.29) is 11.9 Å². The van der Waals surface area contributed by atoms with Crippen LogP contribution >= 0.6 is 0 Å². The standard InChI is InChI=1S/C28H36FNO4/c1-20-10-8-11-21(18-20)26-23(13-9-14-24(26)29)22(12-6-7-16-32-5)25-19-30(15-17-33-25)27(31)34-28(2,3)4/h8-14,18,25H,6-7,15-17,19H2,1-5H3/t25-/m1/s1. The summed E-state index contributed by atoms with van der Waals surface area (Å²) in [6, 6.07) is 13.0. The van der Waals surface area contributed by atoms with Gasteiger partial charge in [0.15, 0.2) is 0 Å². The lowest BCUT2D eigenvalue weighted by molar-refractivity contribution is -0.0235. The van der Waals surface area contributed by atoms with Crippen LogP contribution in [-0.2, 0) is 14.2 Å². The zero-order chi connectivity index (χ0) is 24.7. The third kappa shape index (κ3) is 6.90. The minimum atomic E-state index is -0.579. The van der Waals surface area contributed by atoms with Crippen LogP contribution in [0.1, 0.15) is 44.7 Å². The second-order valence-corrected chi connectivity index (χ2v) is 9.61. The number of allylic oxidation sites excluding steroid dienone is 1. The van der Waals surface area contributed by atoms with Gasteiger partial charge in [-0.2, -0.15) is 0 Å². The van der Waals surface area contributed by atoms with Crippen LogP contribution in [-0.4, -0.2) is 56.1 Å². The molecule has 2 aromatic carbocycles. The van der Waals surface area contributed by atoms with Crippen molar-refractivity contribution in [3.8, 4) is 11.1 Å². The van der Waals surface area contributed by atoms with Crippen molar-refractivity contribution in [1.82, 2.24) is 4.90 Å². The molecule has 1 aliphatic rings. The van der Waals surface area contributed by atoms with Crippen LogP contribution in [0.2, 0.25) is 0 Å². The van der Waals surface area contributed by atoms with Gasteiger partial charge in [-0.25, -0.2) is 9.18 Å². The Morgan fingerprint density at radius 1 is 1.24 bits per heavy atom. The number of carbonyl (C=O) groups is 1. The number of aryl methyl sites for hydroxylation is 1. The Kier molecular flexibility index (Phi) is 8.86. The van der Waals surface area contributed by atoms with Crippen LogP contribution in [0, 0.1) is 12.7 Å². The fourth-order valence-corrected chi connectivity index (χ4v) is 4.09. The van der Waals surface area contributed by atoms with E-state index in [2.05, 4.69) is 6.08 Å². The van der Waals surface area contributed by atoms with Crippen LogP contribution in [0.25, 0.3) is 16.7 Å². The van der Waals surface area contributed by atoms with E-state index in [1.165, 1.54) is 6.07 Å². The maximum absolute atomic E-state index is 15.3. The summed E-state index contributed by atoms with van der Waals surface area (Å²) in [6.45, 7) is 9.36. The van der Waals surface area contributed by atoms with Crippen LogP contribution in [0.5, 0.6) is 0 Å². The summed E-state index contributed by atoms with van der Waals surface area (Å²) in [5.41, 5.74) is 3.49. The van der Waals surface area contributed by atoms with E-state index in [9.17, 15) is 4.79 Å². The molecule has 0 unspecified atom stereocenters. The quantitative estimate of drug-likeness (QED) is 0.450. The number of rotatable bonds is 7. The third-order valence-electron chi connectivity index (χ3n) is 5.61. The number of morpholine rings is 1. The van der Waals surface area contributed by atoms with Crippen molar-refractivity contribution >= 4 is 11.7 Å². The summed E-state index contributed by atoms with van der Waals surface area (Å²) in [5.74, 6) is -0.286. The van der Waals surface area contributed by atoms with Crippen molar-refractivity contribution in [3.63, 3.8) is 0 Å². The maximum Gasteiger partial charge on any atom is 0.410 e. The molecule has 0 saturated carbocycles. The smallest absolute Gasteiger partial charge is 0.410 e. The molecule has 0 radical (unpaired) electrons. The minimum Gasteiger partial charge on any atom is -0.444 e. The molecule has 1 atom stereocenters. The summed E-state index contributed by atoms with van der Waals surface area (Å²) in [5, 5.41) is 0. The van der Waals surface area contributed by atoms with Gasteiger partial charge in [-0.3, -0.25) is 0 Å². The highest BCUT2D eigenvalue weighted by molar-refractivity contribution is 5.84. The first kappa shape index (κ1) is 25.9. The highest BCUT2D eigenvalue weighted by Crippen LogP contribution is 2.35. The number of ether oxygens (including phenoxy) is 3. The van der Waals surface area contributed by atoms with Crippen molar-refractivity contribution in [2.75, 3.05) is 33.4 Å². The Hall–Kier alpha value is -2.70. The fraction of sp³-hybridized carbons (Fsp3) is 0.464. The lowest BCUT2D eigenvalue weighted by atomic mass is 9.89. The Morgan fingerprint density at radius 2 is 2.00 bits per heavy atom. The summed E-state index contributed by atoms with van der Waals surface area (Å²) in [6.07, 6.45) is 2.92. The monoisotopic (exact) mass is 469 g/mol. The molecule has 0 N–H and O–H groups in total. The molecule has 0 bridgehead atoms. The number of unbranched alkanes of at least 4 members (excludes halogenated alkanes) is 1. The molecule has 0 aromatic heterocycles. The van der Waals surface area contributed by atoms with Crippen molar-refractivity contribution in [3.05, 3.63) is 65.5 Å². The van der Waals surface area contributed by atoms with Crippen LogP contribution in [0.15, 0.2) is 48.5 Å². The zero-order valence-corrected chi connectivity index (χ0v) is 20.9. The van der Waals surface area contributed by atoms with Crippen LogP contribution in [0.3, 0.4) is 0 Å². The van der Waals surface area contributed by atoms with E-state index in [1.807, 2.05) is 58.0 Å². The average Bonchev–Trinajstić information content (AvgIpc) is 2.78. The van der Waals surface area contributed by atoms with Gasteiger partial charge in [0.2, 0.25) is 0 Å². The largest absolute Gasteiger partial charge is 0.444 e. The van der Waals surface area contributed by atoms with Gasteiger partial charge in [-0.15, -0.1) is 0 Å². The molecule has 1 fully saturated rings. The summed E-state index contributed by atoms with van der Waals surface area (Å²) >= 11 is 0. The van der Waals surface area contributed by atoms with Crippen LogP contribution in [0.4, 0.5) is 9.18 Å². The molecular weight excluding hydrogens is 433 g/mol. The molecule has 184 valence electrons. The first-order chi connectivity index (χ1) is 16.2. The topological polar surface area (TPSA) is 48.0 Å². The number of amides is 1. The second kappa shape index (κ2) is 11.6. The van der Waals surface area contributed by atoms with E-state index in [0.717, 1.165) is 35.1 Å². The van der Waals surface area contributed by atoms with E-state index >= 15 is 4.39 Å². The highest BCUT2D eigenvalue weighted by Gasteiger charge is 2.31. The molecule has 0 aliphatic carbocycles. The normalized spacial score (nSPS) is 17.1. The van der Waals surface area contributed by atoms with Gasteiger partial charge in [0.25, 0.3) is 0 Å². The number of carbonyl (C=O) groups excluding carboxylic acids is 1. The molecule has 1 amide bonds. The third-order valence-corrected chi connectivity index (χ3v) is 5.61. The highest BCUT2D eigenvalue weighted by atomic mass is 19.1. The molecule has 1 saturated heterocycles. The van der Waals surface area contributed by atoms with Crippen molar-refractivity contribution < 1.29 is 23.4 Å². The van der Waals surface area contributed by atoms with Gasteiger partial charge in [0, 0.05) is 25.8 Å². The maximum atomic E-state index is 15.3. The van der Waals surface area contributed by atoms with E-state index in [4.69, 9.17) is 14.2 Å². The Labute approximate surface area is 202 Å². The van der Waals surface area contributed by atoms with Gasteiger partial charge in [0.05, 0.1) is 13.2 Å². The number of hydrogen-bond donors (Lipinski definition) is 0. The lowest BCUT2D eigenvalue weighted by Crippen LogP contribution is -2.47. The van der Waals surface area contributed by atoms with Gasteiger partial charge < -0.3 is 19.1 Å². The predicted octanol–water partition coefficient (Wildman–Crippen LogP) is 6.25. The average molecular weight is 470 g/mol. The molecule has 5 nitrogen and oxygen atoms in total. The van der Waals surface area contributed by atoms with Crippen molar-refractivity contribution in [2.45, 2.75) is 52.2 Å². The molecule has 0 spiro atoms. The number of benzene rings is 2. The number of methoxy groups -OCH3 is 1. The number of hydrogen-bond acceptors (Lipinski definition) is 4. The van der Waals surface area contributed by atoms with E-state index in [0.29, 0.717) is 31.9 Å². The van der Waals surface area contributed by atoms with Crippen molar-refractivity contribution in [2.24, 2.45) is 0 Å². The first-order valence-electron chi connectivity index (χ1n) is 11.8. The summed E-state index contributed by atoms with van der Waals surface area (Å²) in [7, 11) is 1.68. The molecular formula is C28H36FNO4. The van der Waals surface area contributed by atoms with Gasteiger partial charge >= 0.3 is 6.09 Å². The fourth-order valence-electron chi connectivity index (χ4n) is 4.09. The van der Waals surface area contributed by atoms with Gasteiger partial charge in [-0.05, 0) is 63.3 Å². The molecule has 6 heteroatoms. The minimum absolute atomic E-state index is 0.286. The van der Waals surface area contributed by atoms with Gasteiger partial charge in [0.1, 0.15) is 17.5 Å². The molecule has 3 rings (SSSR count). The number of nitrogens with zero attached hydrogens (tertiary/aromatic N) is 1. The summed E-state index contributed by atoms with van der Waals surface area (Å²) < 4.78 is 32.2. The molecule has 1 heterocycles. The van der Waals surface area contributed by atoms with E-state index < -0.39 is 11.7 Å². The zero-order valence-electron chi connectivity index (χ0n) is 20.9. The Balaban J connectivity index is 1.99. The Morgan fingerprint density at radius 3 is 2.71 bits per heavy atom. The Bertz CT molecular complexity index is 1010. The summed E-state index contributed by atoms with van der Waals surface area (Å²) in [4.78, 5) is 14.4. The SMILES string of the molecule is COCCCC=C(c1cccc(F)c1-c1cccc(C)c1)[C@H]1CN(C(=O)OC(C)(C)C)CCO1.